The summed E-state index contributed by atoms with van der Waals surface area (Å²) in [5.74, 6) is 8.28. The first-order valence-electron chi connectivity index (χ1n) is 5.58. The lowest BCUT2D eigenvalue weighted by molar-refractivity contribution is 0.167. The third-order valence-electron chi connectivity index (χ3n) is 2.80. The number of hydrazine groups is 1. The second kappa shape index (κ2) is 4.72. The molecule has 1 aliphatic heterocycles. The highest BCUT2D eigenvalue weighted by Gasteiger charge is 2.22. The summed E-state index contributed by atoms with van der Waals surface area (Å²) in [7, 11) is 0. The van der Waals surface area contributed by atoms with Crippen LogP contribution in [0.15, 0.2) is 22.3 Å². The SMILES string of the molecule is Cc1cc(C(NN)C2=CCCCO2)c(C)o1. The number of rotatable bonds is 3. The van der Waals surface area contributed by atoms with Crippen molar-refractivity contribution in [2.75, 3.05) is 6.61 Å². The summed E-state index contributed by atoms with van der Waals surface area (Å²) in [4.78, 5) is 0. The van der Waals surface area contributed by atoms with E-state index in [2.05, 4.69) is 11.5 Å². The molecule has 88 valence electrons. The summed E-state index contributed by atoms with van der Waals surface area (Å²) in [6.45, 7) is 4.64. The van der Waals surface area contributed by atoms with Crippen molar-refractivity contribution in [2.45, 2.75) is 32.7 Å². The number of hydrogen-bond donors (Lipinski definition) is 2. The molecule has 2 heterocycles. The quantitative estimate of drug-likeness (QED) is 0.607. The van der Waals surface area contributed by atoms with Gasteiger partial charge in [0.1, 0.15) is 23.3 Å². The van der Waals surface area contributed by atoms with Crippen molar-refractivity contribution >= 4 is 0 Å². The van der Waals surface area contributed by atoms with E-state index in [0.29, 0.717) is 0 Å². The van der Waals surface area contributed by atoms with Crippen molar-refractivity contribution < 1.29 is 9.15 Å². The third kappa shape index (κ3) is 2.13. The summed E-state index contributed by atoms with van der Waals surface area (Å²) >= 11 is 0. The van der Waals surface area contributed by atoms with Gasteiger partial charge in [-0.15, -0.1) is 0 Å². The molecule has 1 aromatic rings. The number of hydrogen-bond acceptors (Lipinski definition) is 4. The lowest BCUT2D eigenvalue weighted by atomic mass is 10.0. The zero-order valence-corrected chi connectivity index (χ0v) is 9.75. The fourth-order valence-corrected chi connectivity index (χ4v) is 2.04. The Morgan fingerprint density at radius 2 is 2.25 bits per heavy atom. The molecule has 0 bridgehead atoms. The molecule has 0 aliphatic carbocycles. The van der Waals surface area contributed by atoms with Crippen LogP contribution >= 0.6 is 0 Å². The zero-order valence-electron chi connectivity index (χ0n) is 9.75. The lowest BCUT2D eigenvalue weighted by Gasteiger charge is -2.22. The van der Waals surface area contributed by atoms with E-state index in [1.165, 1.54) is 0 Å². The minimum Gasteiger partial charge on any atom is -0.496 e. The maximum Gasteiger partial charge on any atom is 0.115 e. The number of ether oxygens (including phenoxy) is 1. The van der Waals surface area contributed by atoms with Crippen molar-refractivity contribution in [3.63, 3.8) is 0 Å². The van der Waals surface area contributed by atoms with E-state index in [0.717, 1.165) is 42.3 Å². The van der Waals surface area contributed by atoms with Gasteiger partial charge in [-0.25, -0.2) is 5.43 Å². The van der Waals surface area contributed by atoms with E-state index >= 15 is 0 Å². The first-order chi connectivity index (χ1) is 7.72. The topological polar surface area (TPSA) is 60.4 Å². The van der Waals surface area contributed by atoms with Gasteiger partial charge in [0.05, 0.1) is 6.61 Å². The Labute approximate surface area is 95.4 Å². The molecule has 1 aromatic heterocycles. The predicted octanol–water partition coefficient (Wildman–Crippen LogP) is 2.10. The van der Waals surface area contributed by atoms with Crippen molar-refractivity contribution in [1.29, 1.82) is 0 Å². The second-order valence-electron chi connectivity index (χ2n) is 4.07. The molecule has 16 heavy (non-hydrogen) atoms. The Kier molecular flexibility index (Phi) is 3.31. The van der Waals surface area contributed by atoms with Gasteiger partial charge in [-0.1, -0.05) is 0 Å². The first kappa shape index (κ1) is 11.2. The Hall–Kier alpha value is -1.26. The van der Waals surface area contributed by atoms with Crippen LogP contribution in [-0.4, -0.2) is 6.61 Å². The van der Waals surface area contributed by atoms with Crippen LogP contribution in [0.4, 0.5) is 0 Å². The van der Waals surface area contributed by atoms with E-state index in [1.54, 1.807) is 0 Å². The fourth-order valence-electron chi connectivity index (χ4n) is 2.04. The number of nitrogens with one attached hydrogen (secondary N) is 1. The smallest absolute Gasteiger partial charge is 0.115 e. The first-order valence-corrected chi connectivity index (χ1v) is 5.58. The molecule has 4 nitrogen and oxygen atoms in total. The Morgan fingerprint density at radius 3 is 2.75 bits per heavy atom. The van der Waals surface area contributed by atoms with Gasteiger partial charge in [0.25, 0.3) is 0 Å². The molecular formula is C12H18N2O2. The molecule has 2 rings (SSSR count). The average molecular weight is 222 g/mol. The molecule has 3 N–H and O–H groups in total. The van der Waals surface area contributed by atoms with E-state index in [1.807, 2.05) is 19.9 Å². The van der Waals surface area contributed by atoms with Gasteiger partial charge in [-0.2, -0.15) is 0 Å². The van der Waals surface area contributed by atoms with Crippen LogP contribution in [0.2, 0.25) is 0 Å². The van der Waals surface area contributed by atoms with Gasteiger partial charge in [0.2, 0.25) is 0 Å². The van der Waals surface area contributed by atoms with Crippen LogP contribution < -0.4 is 11.3 Å². The zero-order chi connectivity index (χ0) is 11.5. The van der Waals surface area contributed by atoms with Crippen LogP contribution in [0.5, 0.6) is 0 Å². The van der Waals surface area contributed by atoms with Gasteiger partial charge in [-0.05, 0) is 38.8 Å². The van der Waals surface area contributed by atoms with Crippen LogP contribution in [0, 0.1) is 13.8 Å². The Balaban J connectivity index is 2.28. The van der Waals surface area contributed by atoms with Crippen molar-refractivity contribution in [3.8, 4) is 0 Å². The van der Waals surface area contributed by atoms with E-state index in [4.69, 9.17) is 15.0 Å². The molecule has 0 spiro atoms. The molecule has 1 atom stereocenters. The summed E-state index contributed by atoms with van der Waals surface area (Å²) < 4.78 is 11.1. The van der Waals surface area contributed by atoms with Crippen molar-refractivity contribution in [1.82, 2.24) is 5.43 Å². The number of nitrogens with two attached hydrogens (primary N) is 1. The van der Waals surface area contributed by atoms with Gasteiger partial charge >= 0.3 is 0 Å². The molecule has 0 saturated carbocycles. The molecule has 0 fully saturated rings. The maximum absolute atomic E-state index is 5.63. The second-order valence-corrected chi connectivity index (χ2v) is 4.07. The standard InChI is InChI=1S/C12H18N2O2/c1-8-7-10(9(2)16-8)12(14-13)11-5-3-4-6-15-11/h5,7,12,14H,3-4,6,13H2,1-2H3. The number of aryl methyl sites for hydroxylation is 2. The summed E-state index contributed by atoms with van der Waals surface area (Å²) in [5.41, 5.74) is 3.84. The van der Waals surface area contributed by atoms with E-state index in [-0.39, 0.29) is 6.04 Å². The monoisotopic (exact) mass is 222 g/mol. The number of allylic oxidation sites excluding steroid dienone is 1. The maximum atomic E-state index is 5.63. The highest BCUT2D eigenvalue weighted by Crippen LogP contribution is 2.29. The predicted molar refractivity (Wildman–Crippen MR) is 61.5 cm³/mol. The van der Waals surface area contributed by atoms with Gasteiger partial charge in [-0.3, -0.25) is 5.84 Å². The summed E-state index contributed by atoms with van der Waals surface area (Å²) in [6, 6.07) is 1.90. The van der Waals surface area contributed by atoms with Crippen molar-refractivity contribution in [3.05, 3.63) is 35.0 Å². The molecular weight excluding hydrogens is 204 g/mol. The fraction of sp³-hybridized carbons (Fsp3) is 0.500. The van der Waals surface area contributed by atoms with Crippen LogP contribution in [0.1, 0.15) is 36.0 Å². The highest BCUT2D eigenvalue weighted by molar-refractivity contribution is 5.30. The Bertz CT molecular complexity index is 396. The number of furan rings is 1. The summed E-state index contributed by atoms with van der Waals surface area (Å²) in [5, 5.41) is 0. The van der Waals surface area contributed by atoms with Crippen LogP contribution in [-0.2, 0) is 4.74 Å². The van der Waals surface area contributed by atoms with Crippen molar-refractivity contribution in [2.24, 2.45) is 5.84 Å². The molecule has 1 unspecified atom stereocenters. The minimum absolute atomic E-state index is 0.0993. The van der Waals surface area contributed by atoms with E-state index in [9.17, 15) is 0 Å². The van der Waals surface area contributed by atoms with Gasteiger partial charge in [0, 0.05) is 5.56 Å². The minimum atomic E-state index is -0.0993. The third-order valence-corrected chi connectivity index (χ3v) is 2.80. The summed E-state index contributed by atoms with van der Waals surface area (Å²) in [6.07, 6.45) is 4.21. The van der Waals surface area contributed by atoms with Gasteiger partial charge in [0.15, 0.2) is 0 Å². The normalized spacial score (nSPS) is 17.8. The molecule has 0 radical (unpaired) electrons. The van der Waals surface area contributed by atoms with E-state index < -0.39 is 0 Å². The highest BCUT2D eigenvalue weighted by atomic mass is 16.5. The average Bonchev–Trinajstić information content (AvgIpc) is 2.61. The molecule has 0 amide bonds. The molecule has 0 saturated heterocycles. The lowest BCUT2D eigenvalue weighted by Crippen LogP contribution is -2.31. The van der Waals surface area contributed by atoms with Crippen LogP contribution in [0.25, 0.3) is 0 Å². The molecule has 4 heteroatoms. The van der Waals surface area contributed by atoms with Gasteiger partial charge < -0.3 is 9.15 Å². The molecule has 1 aliphatic rings. The van der Waals surface area contributed by atoms with Crippen LogP contribution in [0.3, 0.4) is 0 Å². The Morgan fingerprint density at radius 1 is 1.44 bits per heavy atom. The molecule has 0 aromatic carbocycles. The largest absolute Gasteiger partial charge is 0.496 e.